The quantitative estimate of drug-likeness (QED) is 0.576. The van der Waals surface area contributed by atoms with Crippen LogP contribution in [0, 0.1) is 12.8 Å². The smallest absolute Gasteiger partial charge is 0.189 e. The molecule has 1 aliphatic carbocycles. The van der Waals surface area contributed by atoms with Gasteiger partial charge in [-0.3, -0.25) is 0 Å². The van der Waals surface area contributed by atoms with Crippen LogP contribution >= 0.6 is 0 Å². The molecule has 0 bridgehead atoms. The fourth-order valence-electron chi connectivity index (χ4n) is 2.16. The third kappa shape index (κ3) is 4.51. The van der Waals surface area contributed by atoms with E-state index in [4.69, 9.17) is 9.47 Å². The molecule has 0 radical (unpaired) electrons. The number of aryl methyl sites for hydroxylation is 1. The summed E-state index contributed by atoms with van der Waals surface area (Å²) in [6.45, 7) is 8.53. The highest BCUT2D eigenvalue weighted by Crippen LogP contribution is 2.29. The molecule has 2 rings (SSSR count). The molecule has 1 fully saturated rings. The third-order valence-corrected chi connectivity index (χ3v) is 3.49. The van der Waals surface area contributed by atoms with E-state index in [1.165, 1.54) is 24.0 Å². The van der Waals surface area contributed by atoms with E-state index in [1.807, 2.05) is 6.07 Å². The normalized spacial score (nSPS) is 16.4. The first-order valence-corrected chi connectivity index (χ1v) is 7.25. The molecule has 1 N–H and O–H groups in total. The van der Waals surface area contributed by atoms with Gasteiger partial charge in [0.25, 0.3) is 0 Å². The number of ether oxygens (including phenoxy) is 2. The lowest BCUT2D eigenvalue weighted by Crippen LogP contribution is -2.19. The van der Waals surface area contributed by atoms with Crippen LogP contribution in [0.2, 0.25) is 0 Å². The second-order valence-electron chi connectivity index (χ2n) is 5.40. The lowest BCUT2D eigenvalue weighted by molar-refractivity contribution is 0.00924. The Morgan fingerprint density at radius 1 is 1.37 bits per heavy atom. The molecule has 3 nitrogen and oxygen atoms in total. The summed E-state index contributed by atoms with van der Waals surface area (Å²) in [5.74, 6) is 1.71. The first-order valence-electron chi connectivity index (χ1n) is 7.25. The van der Waals surface area contributed by atoms with Crippen molar-refractivity contribution >= 4 is 0 Å². The Bertz CT molecular complexity index is 402. The molecule has 1 aromatic rings. The number of nitrogens with one attached hydrogen (secondary N) is 1. The van der Waals surface area contributed by atoms with Gasteiger partial charge in [-0.1, -0.05) is 24.6 Å². The minimum absolute atomic E-state index is 0.295. The van der Waals surface area contributed by atoms with Crippen LogP contribution in [0.4, 0.5) is 0 Å². The first-order chi connectivity index (χ1) is 9.20. The summed E-state index contributed by atoms with van der Waals surface area (Å²) in [6, 6.07) is 6.60. The van der Waals surface area contributed by atoms with Crippen LogP contribution in [0.3, 0.4) is 0 Å². The number of rotatable bonds is 8. The fraction of sp³-hybridized carbons (Fsp3) is 0.625. The molecule has 106 valence electrons. The monoisotopic (exact) mass is 263 g/mol. The van der Waals surface area contributed by atoms with Gasteiger partial charge in [-0.2, -0.15) is 0 Å². The largest absolute Gasteiger partial charge is 0.467 e. The maximum atomic E-state index is 5.78. The molecule has 0 saturated heterocycles. The Kier molecular flexibility index (Phi) is 5.23. The molecule has 1 unspecified atom stereocenters. The molecule has 1 aliphatic rings. The molecule has 0 heterocycles. The summed E-state index contributed by atoms with van der Waals surface area (Å²) in [5.41, 5.74) is 2.46. The van der Waals surface area contributed by atoms with Gasteiger partial charge >= 0.3 is 0 Å². The van der Waals surface area contributed by atoms with Gasteiger partial charge in [0.15, 0.2) is 6.79 Å². The first kappa shape index (κ1) is 14.4. The van der Waals surface area contributed by atoms with Crippen LogP contribution in [0.1, 0.15) is 43.9 Å². The van der Waals surface area contributed by atoms with Crippen molar-refractivity contribution in [2.45, 2.75) is 39.7 Å². The van der Waals surface area contributed by atoms with E-state index >= 15 is 0 Å². The molecular formula is C16H25NO2. The molecule has 0 amide bonds. The zero-order valence-electron chi connectivity index (χ0n) is 12.2. The SMILES string of the molecule is CCNC(C)c1cc(C)ccc1OCOCC1CC1. The van der Waals surface area contributed by atoms with Crippen molar-refractivity contribution in [2.24, 2.45) is 5.92 Å². The van der Waals surface area contributed by atoms with Gasteiger partial charge in [0, 0.05) is 11.6 Å². The highest BCUT2D eigenvalue weighted by Gasteiger charge is 2.21. The second kappa shape index (κ2) is 6.92. The van der Waals surface area contributed by atoms with Crippen LogP contribution in [0.5, 0.6) is 5.75 Å². The topological polar surface area (TPSA) is 30.5 Å². The van der Waals surface area contributed by atoms with Crippen LogP contribution in [0.15, 0.2) is 18.2 Å². The molecule has 1 aromatic carbocycles. The average Bonchev–Trinajstić information content (AvgIpc) is 3.20. The van der Waals surface area contributed by atoms with Gasteiger partial charge in [0.2, 0.25) is 0 Å². The minimum atomic E-state index is 0.295. The standard InChI is InChI=1S/C16H25NO2/c1-4-17-13(3)15-9-12(2)5-8-16(15)19-11-18-10-14-6-7-14/h5,8-9,13-14,17H,4,6-7,10-11H2,1-3H3. The van der Waals surface area contributed by atoms with E-state index < -0.39 is 0 Å². The van der Waals surface area contributed by atoms with Crippen molar-refractivity contribution in [1.29, 1.82) is 0 Å². The molecule has 19 heavy (non-hydrogen) atoms. The molecule has 1 atom stereocenters. The van der Waals surface area contributed by atoms with Crippen LogP contribution in [0.25, 0.3) is 0 Å². The molecule has 0 aliphatic heterocycles. The molecule has 1 saturated carbocycles. The van der Waals surface area contributed by atoms with Crippen LogP contribution < -0.4 is 10.1 Å². The molecular weight excluding hydrogens is 238 g/mol. The summed E-state index contributed by atoms with van der Waals surface area (Å²) in [6.07, 6.45) is 2.63. The van der Waals surface area contributed by atoms with Crippen LogP contribution in [-0.2, 0) is 4.74 Å². The summed E-state index contributed by atoms with van der Waals surface area (Å²) < 4.78 is 11.3. The highest BCUT2D eigenvalue weighted by atomic mass is 16.7. The van der Waals surface area contributed by atoms with Crippen molar-refractivity contribution in [1.82, 2.24) is 5.32 Å². The Morgan fingerprint density at radius 3 is 2.84 bits per heavy atom. The molecule has 3 heteroatoms. The fourth-order valence-corrected chi connectivity index (χ4v) is 2.16. The summed E-state index contributed by atoms with van der Waals surface area (Å²) in [5, 5.41) is 3.43. The van der Waals surface area contributed by atoms with Crippen molar-refractivity contribution in [3.63, 3.8) is 0 Å². The Balaban J connectivity index is 1.92. The Morgan fingerprint density at radius 2 is 2.16 bits per heavy atom. The minimum Gasteiger partial charge on any atom is -0.467 e. The van der Waals surface area contributed by atoms with Crippen molar-refractivity contribution < 1.29 is 9.47 Å². The van der Waals surface area contributed by atoms with Gasteiger partial charge in [0.05, 0.1) is 6.61 Å². The maximum Gasteiger partial charge on any atom is 0.189 e. The Hall–Kier alpha value is -1.06. The van der Waals surface area contributed by atoms with Gasteiger partial charge in [-0.15, -0.1) is 0 Å². The molecule has 0 aromatic heterocycles. The van der Waals surface area contributed by atoms with Gasteiger partial charge < -0.3 is 14.8 Å². The summed E-state index contributed by atoms with van der Waals surface area (Å²) >= 11 is 0. The summed E-state index contributed by atoms with van der Waals surface area (Å²) in [7, 11) is 0. The van der Waals surface area contributed by atoms with Gasteiger partial charge in [-0.05, 0) is 45.2 Å². The van der Waals surface area contributed by atoms with E-state index in [9.17, 15) is 0 Å². The van der Waals surface area contributed by atoms with Crippen molar-refractivity contribution in [3.8, 4) is 5.75 Å². The Labute approximate surface area is 116 Å². The predicted octanol–water partition coefficient (Wildman–Crippen LogP) is 3.43. The van der Waals surface area contributed by atoms with E-state index in [0.29, 0.717) is 12.8 Å². The van der Waals surface area contributed by atoms with Crippen molar-refractivity contribution in [2.75, 3.05) is 19.9 Å². The lowest BCUT2D eigenvalue weighted by atomic mass is 10.0. The van der Waals surface area contributed by atoms with E-state index in [0.717, 1.165) is 24.8 Å². The number of hydrogen-bond donors (Lipinski definition) is 1. The van der Waals surface area contributed by atoms with E-state index in [1.54, 1.807) is 0 Å². The average molecular weight is 263 g/mol. The highest BCUT2D eigenvalue weighted by molar-refractivity contribution is 5.38. The van der Waals surface area contributed by atoms with Gasteiger partial charge in [0.1, 0.15) is 5.75 Å². The molecule has 0 spiro atoms. The van der Waals surface area contributed by atoms with Gasteiger partial charge in [-0.25, -0.2) is 0 Å². The number of hydrogen-bond acceptors (Lipinski definition) is 3. The third-order valence-electron chi connectivity index (χ3n) is 3.49. The lowest BCUT2D eigenvalue weighted by Gasteiger charge is -2.18. The zero-order valence-corrected chi connectivity index (χ0v) is 12.2. The second-order valence-corrected chi connectivity index (χ2v) is 5.40. The van der Waals surface area contributed by atoms with Crippen molar-refractivity contribution in [3.05, 3.63) is 29.3 Å². The van der Waals surface area contributed by atoms with E-state index in [2.05, 4.69) is 38.2 Å². The number of benzene rings is 1. The summed E-state index contributed by atoms with van der Waals surface area (Å²) in [4.78, 5) is 0. The predicted molar refractivity (Wildman–Crippen MR) is 77.4 cm³/mol. The van der Waals surface area contributed by atoms with E-state index in [-0.39, 0.29) is 0 Å². The maximum absolute atomic E-state index is 5.78. The zero-order chi connectivity index (χ0) is 13.7. The van der Waals surface area contributed by atoms with Crippen LogP contribution in [-0.4, -0.2) is 19.9 Å².